The fourth-order valence-corrected chi connectivity index (χ4v) is 5.13. The molecule has 0 amide bonds. The molecule has 2 aromatic carbocycles. The molecule has 0 saturated carbocycles. The Bertz CT molecular complexity index is 1430. The van der Waals surface area contributed by atoms with Gasteiger partial charge in [0.05, 0.1) is 25.3 Å². The number of aromatic nitrogens is 1. The molecule has 0 bridgehead atoms. The Morgan fingerprint density at radius 2 is 1.53 bits per heavy atom. The first-order chi connectivity index (χ1) is 16.3. The van der Waals surface area contributed by atoms with Crippen LogP contribution >= 0.6 is 35.0 Å². The maximum absolute atomic E-state index is 13.7. The fourth-order valence-electron chi connectivity index (χ4n) is 3.65. The molecule has 0 radical (unpaired) electrons. The van der Waals surface area contributed by atoms with E-state index >= 15 is 0 Å². The molecular formula is C24H18Cl2N2O5S. The zero-order chi connectivity index (χ0) is 24.6. The van der Waals surface area contributed by atoms with Crippen molar-refractivity contribution in [1.82, 2.24) is 4.57 Å². The number of rotatable bonds is 4. The molecule has 7 nitrogen and oxygen atoms in total. The third-order valence-corrected chi connectivity index (χ3v) is 7.06. The van der Waals surface area contributed by atoms with Crippen LogP contribution in [-0.4, -0.2) is 36.6 Å². The molecule has 1 aromatic heterocycles. The maximum atomic E-state index is 13.7. The molecule has 0 saturated heterocycles. The van der Waals surface area contributed by atoms with Crippen LogP contribution in [0.15, 0.2) is 48.5 Å². The van der Waals surface area contributed by atoms with Crippen molar-refractivity contribution in [2.75, 3.05) is 20.0 Å². The number of hydrogen-bond acceptors (Lipinski definition) is 7. The van der Waals surface area contributed by atoms with E-state index < -0.39 is 23.1 Å². The summed E-state index contributed by atoms with van der Waals surface area (Å²) in [6, 6.07) is 13.5. The molecule has 10 heteroatoms. The van der Waals surface area contributed by atoms with Crippen molar-refractivity contribution in [3.05, 3.63) is 86.0 Å². The second-order valence-corrected chi connectivity index (χ2v) is 9.24. The number of thioether (sulfide) groups is 1. The summed E-state index contributed by atoms with van der Waals surface area (Å²) in [6.45, 7) is 0. The second-order valence-electron chi connectivity index (χ2n) is 7.26. The molecule has 1 aliphatic rings. The number of fused-ring (bicyclic) bond motifs is 1. The third kappa shape index (κ3) is 4.20. The van der Waals surface area contributed by atoms with Gasteiger partial charge in [-0.25, -0.2) is 9.59 Å². The average molecular weight is 517 g/mol. The smallest absolute Gasteiger partial charge is 0.357 e. The van der Waals surface area contributed by atoms with Crippen LogP contribution in [0.4, 0.5) is 5.69 Å². The van der Waals surface area contributed by atoms with Crippen LogP contribution in [0.2, 0.25) is 10.0 Å². The molecule has 2 N–H and O–H groups in total. The van der Waals surface area contributed by atoms with Gasteiger partial charge in [0.2, 0.25) is 5.91 Å². The van der Waals surface area contributed by atoms with E-state index in [4.69, 9.17) is 38.4 Å². The highest BCUT2D eigenvalue weighted by Gasteiger charge is 2.38. The summed E-state index contributed by atoms with van der Waals surface area (Å²) in [6.07, 6.45) is 1.67. The topological polar surface area (TPSA) is 101 Å². The Morgan fingerprint density at radius 1 is 0.971 bits per heavy atom. The summed E-state index contributed by atoms with van der Waals surface area (Å²) in [4.78, 5) is 39.4. The van der Waals surface area contributed by atoms with Crippen molar-refractivity contribution >= 4 is 69.5 Å². The van der Waals surface area contributed by atoms with Crippen LogP contribution in [0.3, 0.4) is 0 Å². The van der Waals surface area contributed by atoms with Crippen LogP contribution in [0.5, 0.6) is 0 Å². The van der Waals surface area contributed by atoms with E-state index in [9.17, 15) is 14.4 Å². The van der Waals surface area contributed by atoms with Gasteiger partial charge in [-0.15, -0.1) is 0 Å². The van der Waals surface area contributed by atoms with Crippen molar-refractivity contribution in [2.24, 2.45) is 0 Å². The summed E-state index contributed by atoms with van der Waals surface area (Å²) >= 11 is 13.0. The third-order valence-electron chi connectivity index (χ3n) is 5.25. The maximum Gasteiger partial charge on any atom is 0.357 e. The number of hydrogen-bond donors (Lipinski definition) is 1. The number of nitrogen functional groups attached to an aromatic ring is 1. The van der Waals surface area contributed by atoms with Crippen molar-refractivity contribution < 1.29 is 23.9 Å². The van der Waals surface area contributed by atoms with E-state index in [1.54, 1.807) is 54.6 Å². The first kappa shape index (κ1) is 23.9. The fraction of sp³-hybridized carbons (Fsp3) is 0.125. The molecule has 4 rings (SSSR count). The molecule has 2 heterocycles. The van der Waals surface area contributed by atoms with E-state index in [2.05, 4.69) is 0 Å². The van der Waals surface area contributed by atoms with E-state index in [-0.39, 0.29) is 21.6 Å². The van der Waals surface area contributed by atoms with Gasteiger partial charge in [-0.05, 0) is 41.5 Å². The highest BCUT2D eigenvalue weighted by Crippen LogP contribution is 2.40. The Morgan fingerprint density at radius 3 is 2.09 bits per heavy atom. The van der Waals surface area contributed by atoms with Gasteiger partial charge in [0.25, 0.3) is 0 Å². The van der Waals surface area contributed by atoms with Crippen LogP contribution in [0.1, 0.15) is 31.7 Å². The molecule has 174 valence electrons. The monoisotopic (exact) mass is 516 g/mol. The zero-order valence-corrected chi connectivity index (χ0v) is 20.3. The number of esters is 2. The number of methoxy groups -OCH3 is 2. The summed E-state index contributed by atoms with van der Waals surface area (Å²) in [5, 5.41) is 0.670. The normalized spacial score (nSPS) is 15.8. The molecule has 3 aromatic rings. The van der Waals surface area contributed by atoms with Gasteiger partial charge in [0, 0.05) is 15.3 Å². The van der Waals surface area contributed by atoms with Crippen molar-refractivity contribution in [3.63, 3.8) is 0 Å². The summed E-state index contributed by atoms with van der Waals surface area (Å²) in [5.41, 5.74) is 7.52. The number of nitrogens with two attached hydrogens (primary N) is 1. The molecule has 0 fully saturated rings. The number of carbonyl (C=O) groups excluding carboxylic acids is 3. The molecular weight excluding hydrogens is 499 g/mol. The average Bonchev–Trinajstić information content (AvgIpc) is 3.13. The molecule has 0 unspecified atom stereocenters. The Balaban J connectivity index is 2.09. The largest absolute Gasteiger partial charge is 0.465 e. The zero-order valence-electron chi connectivity index (χ0n) is 18.0. The van der Waals surface area contributed by atoms with E-state index in [1.165, 1.54) is 14.2 Å². The van der Waals surface area contributed by atoms with E-state index in [1.807, 2.05) is 0 Å². The van der Waals surface area contributed by atoms with Gasteiger partial charge in [0.15, 0.2) is 5.69 Å². The summed E-state index contributed by atoms with van der Waals surface area (Å²) < 4.78 is 11.1. The van der Waals surface area contributed by atoms with Gasteiger partial charge in [-0.3, -0.25) is 9.36 Å². The molecule has 34 heavy (non-hydrogen) atoms. The lowest BCUT2D eigenvalue weighted by Crippen LogP contribution is -2.42. The summed E-state index contributed by atoms with van der Waals surface area (Å²) in [7, 11) is 2.43. The first-order valence-corrected chi connectivity index (χ1v) is 11.5. The second kappa shape index (κ2) is 9.58. The molecule has 0 spiro atoms. The molecule has 1 atom stereocenters. The molecule has 0 aliphatic carbocycles. The van der Waals surface area contributed by atoms with E-state index in [0.717, 1.165) is 16.3 Å². The van der Waals surface area contributed by atoms with Crippen molar-refractivity contribution in [3.8, 4) is 0 Å². The lowest BCUT2D eigenvalue weighted by molar-refractivity contribution is -0.133. The number of benzene rings is 2. The Kier molecular flexibility index (Phi) is 6.74. The van der Waals surface area contributed by atoms with Crippen molar-refractivity contribution in [2.45, 2.75) is 5.25 Å². The summed E-state index contributed by atoms with van der Waals surface area (Å²) in [5.74, 6) is -1.94. The number of ether oxygens (including phenoxy) is 2. The lowest BCUT2D eigenvalue weighted by atomic mass is 10.1. The Labute approximate surface area is 208 Å². The first-order valence-electron chi connectivity index (χ1n) is 9.91. The van der Waals surface area contributed by atoms with Crippen LogP contribution in [-0.2, 0) is 14.3 Å². The highest BCUT2D eigenvalue weighted by molar-refractivity contribution is 8.10. The van der Waals surface area contributed by atoms with Crippen LogP contribution in [0, 0.1) is 0 Å². The van der Waals surface area contributed by atoms with Crippen LogP contribution < -0.4 is 16.3 Å². The Hall–Kier alpha value is -3.20. The lowest BCUT2D eigenvalue weighted by Gasteiger charge is -2.23. The van der Waals surface area contributed by atoms with Gasteiger partial charge < -0.3 is 15.2 Å². The predicted molar refractivity (Wildman–Crippen MR) is 132 cm³/mol. The minimum absolute atomic E-state index is 0.00362. The molecule has 1 aliphatic heterocycles. The van der Waals surface area contributed by atoms with Gasteiger partial charge in [-0.1, -0.05) is 59.2 Å². The number of halogens is 2. The van der Waals surface area contributed by atoms with Gasteiger partial charge in [0.1, 0.15) is 10.2 Å². The number of nitrogens with zero attached hydrogens (tertiary/aromatic N) is 1. The van der Waals surface area contributed by atoms with E-state index in [0.29, 0.717) is 26.4 Å². The minimum Gasteiger partial charge on any atom is -0.465 e. The number of anilines is 1. The van der Waals surface area contributed by atoms with Gasteiger partial charge in [-0.2, -0.15) is 0 Å². The SMILES string of the molecule is COC(=O)C1=c2/c(=C/c3ccc(Cl)cc3)c(N)c(C(=O)OC)n2C(=O)[C@@H](c2ccc(Cl)cc2)S1. The van der Waals surface area contributed by atoms with Crippen molar-refractivity contribution in [1.29, 1.82) is 0 Å². The van der Waals surface area contributed by atoms with Crippen LogP contribution in [0.25, 0.3) is 11.0 Å². The highest BCUT2D eigenvalue weighted by atomic mass is 35.5. The number of carbonyl (C=O) groups is 3. The minimum atomic E-state index is -0.850. The standard InChI is InChI=1S/C24H18Cl2N2O5S/c1-32-23(30)19-17(27)16(11-12-3-7-14(25)8-4-12)18-21(24(31)33-2)34-20(22(29)28(18)19)13-5-9-15(26)10-6-13/h3-11,20H,27H2,1-2H3/b16-11+/t20-/m1/s1. The quantitative estimate of drug-likeness (QED) is 0.530. The van der Waals surface area contributed by atoms with Gasteiger partial charge >= 0.3 is 11.9 Å². The predicted octanol–water partition coefficient (Wildman–Crippen LogP) is 3.40.